The number of benzene rings is 1. The van der Waals surface area contributed by atoms with Gasteiger partial charge >= 0.3 is 6.61 Å². The van der Waals surface area contributed by atoms with E-state index in [0.717, 1.165) is 11.4 Å². The number of hydrogen-bond acceptors (Lipinski definition) is 5. The lowest BCUT2D eigenvalue weighted by Crippen LogP contribution is -2.17. The van der Waals surface area contributed by atoms with Gasteiger partial charge in [0.05, 0.1) is 7.11 Å². The van der Waals surface area contributed by atoms with Gasteiger partial charge in [0, 0.05) is 19.5 Å². The molecule has 0 saturated carbocycles. The lowest BCUT2D eigenvalue weighted by molar-refractivity contribution is -0.0512. The number of methoxy groups -OCH3 is 1. The first kappa shape index (κ1) is 15.2. The van der Waals surface area contributed by atoms with Crippen LogP contribution in [0.1, 0.15) is 11.4 Å². The van der Waals surface area contributed by atoms with Crippen LogP contribution in [-0.4, -0.2) is 35.4 Å². The van der Waals surface area contributed by atoms with Crippen LogP contribution in [0.4, 0.5) is 8.78 Å². The third-order valence-electron chi connectivity index (χ3n) is 2.78. The van der Waals surface area contributed by atoms with Gasteiger partial charge in [0.25, 0.3) is 0 Å². The molecule has 2 N–H and O–H groups in total. The fraction of sp³-hybridized carbons (Fsp3) is 0.385. The zero-order chi connectivity index (χ0) is 15.1. The summed E-state index contributed by atoms with van der Waals surface area (Å²) in [5, 5.41) is 9.70. The summed E-state index contributed by atoms with van der Waals surface area (Å²) in [6.45, 7) is -1.67. The molecule has 1 aromatic heterocycles. The van der Waals surface area contributed by atoms with Gasteiger partial charge in [0.15, 0.2) is 11.5 Å². The van der Waals surface area contributed by atoms with Crippen LogP contribution in [0.15, 0.2) is 24.5 Å². The Kier molecular flexibility index (Phi) is 5.44. The van der Waals surface area contributed by atoms with Crippen LogP contribution in [0.3, 0.4) is 0 Å². The monoisotopic (exact) mass is 298 g/mol. The quantitative estimate of drug-likeness (QED) is 0.726. The second kappa shape index (κ2) is 7.53. The van der Waals surface area contributed by atoms with Gasteiger partial charge in [0.1, 0.15) is 12.2 Å². The van der Waals surface area contributed by atoms with Crippen molar-refractivity contribution in [3.8, 4) is 11.5 Å². The van der Waals surface area contributed by atoms with Crippen molar-refractivity contribution in [3.05, 3.63) is 35.9 Å². The zero-order valence-corrected chi connectivity index (χ0v) is 11.5. The van der Waals surface area contributed by atoms with E-state index >= 15 is 0 Å². The molecule has 0 saturated heterocycles. The molecule has 0 spiro atoms. The molecule has 2 rings (SSSR count). The maximum absolute atomic E-state index is 12.3. The summed E-state index contributed by atoms with van der Waals surface area (Å²) in [6, 6.07) is 4.93. The van der Waals surface area contributed by atoms with Crippen LogP contribution in [0.2, 0.25) is 0 Å². The van der Waals surface area contributed by atoms with Gasteiger partial charge < -0.3 is 14.8 Å². The van der Waals surface area contributed by atoms with E-state index in [1.165, 1.54) is 19.5 Å². The Balaban J connectivity index is 1.87. The average Bonchev–Trinajstić information content (AvgIpc) is 2.96. The molecule has 0 fully saturated rings. The van der Waals surface area contributed by atoms with Crippen molar-refractivity contribution < 1.29 is 18.3 Å². The maximum Gasteiger partial charge on any atom is 0.387 e. The van der Waals surface area contributed by atoms with Crippen LogP contribution in [0, 0.1) is 0 Å². The number of ether oxygens (including phenoxy) is 2. The molecule has 0 unspecified atom stereocenters. The van der Waals surface area contributed by atoms with Crippen molar-refractivity contribution in [1.82, 2.24) is 20.5 Å². The molecule has 0 aliphatic heterocycles. The molecular formula is C13H16F2N4O2. The second-order valence-electron chi connectivity index (χ2n) is 4.22. The normalized spacial score (nSPS) is 10.9. The first-order valence-corrected chi connectivity index (χ1v) is 6.35. The highest BCUT2D eigenvalue weighted by Gasteiger charge is 2.11. The highest BCUT2D eigenvalue weighted by atomic mass is 19.3. The van der Waals surface area contributed by atoms with Gasteiger partial charge in [-0.25, -0.2) is 4.98 Å². The Hall–Kier alpha value is -2.22. The number of rotatable bonds is 8. The van der Waals surface area contributed by atoms with E-state index < -0.39 is 6.61 Å². The Bertz CT molecular complexity index is 549. The van der Waals surface area contributed by atoms with E-state index in [4.69, 9.17) is 4.74 Å². The zero-order valence-electron chi connectivity index (χ0n) is 11.5. The molecule has 114 valence electrons. The van der Waals surface area contributed by atoms with Gasteiger partial charge in [-0.3, -0.25) is 5.10 Å². The van der Waals surface area contributed by atoms with Crippen molar-refractivity contribution in [1.29, 1.82) is 0 Å². The molecule has 6 nitrogen and oxygen atoms in total. The van der Waals surface area contributed by atoms with Crippen molar-refractivity contribution in [2.45, 2.75) is 19.6 Å². The summed E-state index contributed by atoms with van der Waals surface area (Å²) in [5.41, 5.74) is 0.823. The van der Waals surface area contributed by atoms with Crippen molar-refractivity contribution in [2.24, 2.45) is 0 Å². The Morgan fingerprint density at radius 1 is 1.33 bits per heavy atom. The average molecular weight is 298 g/mol. The highest BCUT2D eigenvalue weighted by Crippen LogP contribution is 2.29. The van der Waals surface area contributed by atoms with Crippen LogP contribution < -0.4 is 14.8 Å². The third kappa shape index (κ3) is 4.67. The number of nitrogens with one attached hydrogen (secondary N) is 2. The van der Waals surface area contributed by atoms with E-state index in [1.807, 2.05) is 0 Å². The molecule has 1 heterocycles. The first-order valence-electron chi connectivity index (χ1n) is 6.35. The van der Waals surface area contributed by atoms with E-state index in [1.54, 1.807) is 12.1 Å². The predicted octanol–water partition coefficient (Wildman–Crippen LogP) is 1.75. The molecule has 0 amide bonds. The van der Waals surface area contributed by atoms with Crippen LogP contribution in [-0.2, 0) is 13.0 Å². The first-order chi connectivity index (χ1) is 10.2. The minimum Gasteiger partial charge on any atom is -0.493 e. The van der Waals surface area contributed by atoms with Crippen LogP contribution in [0.5, 0.6) is 11.5 Å². The smallest absolute Gasteiger partial charge is 0.387 e. The standard InChI is InChI=1S/C13H16F2N4O2/c1-20-10-3-2-9(6-11(10)21-13(14)15)7-16-5-4-12-17-8-18-19-12/h2-3,6,8,13,16H,4-5,7H2,1H3,(H,17,18,19). The molecule has 0 aliphatic carbocycles. The lowest BCUT2D eigenvalue weighted by atomic mass is 10.2. The number of hydrogen-bond donors (Lipinski definition) is 2. The van der Waals surface area contributed by atoms with E-state index in [2.05, 4.69) is 25.2 Å². The number of halogens is 2. The number of nitrogens with zero attached hydrogens (tertiary/aromatic N) is 2. The molecule has 2 aromatic rings. The summed E-state index contributed by atoms with van der Waals surface area (Å²) in [4.78, 5) is 4.00. The summed E-state index contributed by atoms with van der Waals surface area (Å²) in [5.74, 6) is 1.10. The van der Waals surface area contributed by atoms with Gasteiger partial charge in [-0.15, -0.1) is 0 Å². The minimum absolute atomic E-state index is 0.0297. The van der Waals surface area contributed by atoms with Crippen molar-refractivity contribution in [2.75, 3.05) is 13.7 Å². The Labute approximate surface area is 120 Å². The molecule has 8 heteroatoms. The summed E-state index contributed by atoms with van der Waals surface area (Å²) >= 11 is 0. The van der Waals surface area contributed by atoms with Gasteiger partial charge in [-0.05, 0) is 17.7 Å². The minimum atomic E-state index is -2.88. The summed E-state index contributed by atoms with van der Waals surface area (Å²) in [6.07, 6.45) is 2.16. The molecule has 1 aromatic carbocycles. The lowest BCUT2D eigenvalue weighted by Gasteiger charge is -2.12. The summed E-state index contributed by atoms with van der Waals surface area (Å²) < 4.78 is 34.1. The molecular weight excluding hydrogens is 282 g/mol. The van der Waals surface area contributed by atoms with Crippen LogP contribution in [0.25, 0.3) is 0 Å². The predicted molar refractivity (Wildman–Crippen MR) is 71.4 cm³/mol. The second-order valence-corrected chi connectivity index (χ2v) is 4.22. The Morgan fingerprint density at radius 2 is 2.19 bits per heavy atom. The van der Waals surface area contributed by atoms with Gasteiger partial charge in [-0.2, -0.15) is 13.9 Å². The number of aromatic amines is 1. The number of alkyl halides is 2. The third-order valence-corrected chi connectivity index (χ3v) is 2.78. The molecule has 0 aliphatic rings. The molecule has 0 atom stereocenters. The largest absolute Gasteiger partial charge is 0.493 e. The van der Waals surface area contributed by atoms with Crippen LogP contribution >= 0.6 is 0 Å². The maximum atomic E-state index is 12.3. The fourth-order valence-electron chi connectivity index (χ4n) is 1.81. The van der Waals surface area contributed by atoms with Crippen molar-refractivity contribution in [3.63, 3.8) is 0 Å². The van der Waals surface area contributed by atoms with E-state index in [-0.39, 0.29) is 11.5 Å². The van der Waals surface area contributed by atoms with Crippen molar-refractivity contribution >= 4 is 0 Å². The number of H-pyrrole nitrogens is 1. The number of aromatic nitrogens is 3. The van der Waals surface area contributed by atoms with Gasteiger partial charge in [-0.1, -0.05) is 6.07 Å². The topological polar surface area (TPSA) is 72.1 Å². The Morgan fingerprint density at radius 3 is 2.86 bits per heavy atom. The highest BCUT2D eigenvalue weighted by molar-refractivity contribution is 5.42. The molecule has 0 bridgehead atoms. The van der Waals surface area contributed by atoms with E-state index in [0.29, 0.717) is 19.5 Å². The SMILES string of the molecule is COc1ccc(CNCCc2ncn[nH]2)cc1OC(F)F. The fourth-order valence-corrected chi connectivity index (χ4v) is 1.81. The molecule has 21 heavy (non-hydrogen) atoms. The van der Waals surface area contributed by atoms with E-state index in [9.17, 15) is 8.78 Å². The summed E-state index contributed by atoms with van der Waals surface area (Å²) in [7, 11) is 1.41. The van der Waals surface area contributed by atoms with Gasteiger partial charge in [0.2, 0.25) is 0 Å². The molecule has 0 radical (unpaired) electrons.